The Kier molecular flexibility index (Phi) is 6.99. The van der Waals surface area contributed by atoms with Crippen molar-refractivity contribution in [1.29, 1.82) is 0 Å². The van der Waals surface area contributed by atoms with E-state index in [2.05, 4.69) is 17.0 Å². The number of carboxylic acids is 2. The van der Waals surface area contributed by atoms with Crippen molar-refractivity contribution in [1.82, 2.24) is 0 Å². The minimum atomic E-state index is -1.82. The maximum atomic E-state index is 9.10. The van der Waals surface area contributed by atoms with Crippen molar-refractivity contribution < 1.29 is 24.5 Å². The van der Waals surface area contributed by atoms with E-state index in [1.807, 2.05) is 42.5 Å². The number of carbonyl (C=O) groups is 2. The Morgan fingerprint density at radius 1 is 1.00 bits per heavy atom. The summed E-state index contributed by atoms with van der Waals surface area (Å²) >= 11 is 0. The molecule has 0 radical (unpaired) electrons. The molecule has 1 atom stereocenters. The molecule has 1 aliphatic heterocycles. The Morgan fingerprint density at radius 3 is 2.08 bits per heavy atom. The lowest BCUT2D eigenvalue weighted by molar-refractivity contribution is -0.159. The van der Waals surface area contributed by atoms with Crippen LogP contribution in [0, 0.1) is 5.92 Å². The number of ether oxygens (including phenoxy) is 1. The van der Waals surface area contributed by atoms with Crippen molar-refractivity contribution in [2.24, 2.45) is 11.7 Å². The quantitative estimate of drug-likeness (QED) is 0.719. The number of nitrogens with zero attached hydrogens (tertiary/aromatic N) is 1. The summed E-state index contributed by atoms with van der Waals surface area (Å²) in [6.45, 7) is 2.95. The maximum Gasteiger partial charge on any atom is 0.414 e. The Balaban J connectivity index is 0.000000352. The van der Waals surface area contributed by atoms with Gasteiger partial charge in [0.05, 0.1) is 0 Å². The zero-order valence-electron chi connectivity index (χ0n) is 14.2. The standard InChI is InChI=1S/C17H20N2O.C2H2O4/c18-12-14-10-11-19(13-14)15-6-8-17(9-7-15)20-16-4-2-1-3-5-16;3-1(4)2(5)6/h1-9,14H,10-13,18H2;(H,3,4)(H,5,6). The zero-order chi connectivity index (χ0) is 18.9. The van der Waals surface area contributed by atoms with Crippen LogP contribution in [0.1, 0.15) is 6.42 Å². The number of benzene rings is 2. The highest BCUT2D eigenvalue weighted by atomic mass is 16.5. The summed E-state index contributed by atoms with van der Waals surface area (Å²) < 4.78 is 5.80. The summed E-state index contributed by atoms with van der Waals surface area (Å²) in [5.41, 5.74) is 6.99. The SMILES string of the molecule is NCC1CCN(c2ccc(Oc3ccccc3)cc2)C1.O=C(O)C(=O)O. The van der Waals surface area contributed by atoms with Crippen LogP contribution >= 0.6 is 0 Å². The first-order valence-corrected chi connectivity index (χ1v) is 8.23. The Hall–Kier alpha value is -3.06. The monoisotopic (exact) mass is 358 g/mol. The Labute approximate surface area is 151 Å². The topological polar surface area (TPSA) is 113 Å². The Morgan fingerprint density at radius 2 is 1.58 bits per heavy atom. The second-order valence-corrected chi connectivity index (χ2v) is 5.86. The first kappa shape index (κ1) is 19.3. The van der Waals surface area contributed by atoms with Crippen LogP contribution in [0.25, 0.3) is 0 Å². The van der Waals surface area contributed by atoms with Gasteiger partial charge in [0.1, 0.15) is 11.5 Å². The van der Waals surface area contributed by atoms with E-state index in [0.29, 0.717) is 5.92 Å². The first-order chi connectivity index (χ1) is 12.5. The van der Waals surface area contributed by atoms with Crippen LogP contribution in [-0.2, 0) is 9.59 Å². The summed E-state index contributed by atoms with van der Waals surface area (Å²) in [6, 6.07) is 18.1. The van der Waals surface area contributed by atoms with Gasteiger partial charge in [-0.15, -0.1) is 0 Å². The minimum absolute atomic E-state index is 0.634. The highest BCUT2D eigenvalue weighted by Crippen LogP contribution is 2.27. The van der Waals surface area contributed by atoms with Gasteiger partial charge in [-0.1, -0.05) is 18.2 Å². The van der Waals surface area contributed by atoms with Gasteiger partial charge in [-0.2, -0.15) is 0 Å². The fourth-order valence-corrected chi connectivity index (χ4v) is 2.61. The molecule has 26 heavy (non-hydrogen) atoms. The molecule has 1 saturated heterocycles. The molecular weight excluding hydrogens is 336 g/mol. The van der Waals surface area contributed by atoms with Crippen LogP contribution in [0.2, 0.25) is 0 Å². The molecule has 138 valence electrons. The van der Waals surface area contributed by atoms with Gasteiger partial charge in [0.2, 0.25) is 0 Å². The third-order valence-corrected chi connectivity index (χ3v) is 3.98. The summed E-state index contributed by atoms with van der Waals surface area (Å²) in [4.78, 5) is 20.6. The number of nitrogens with two attached hydrogens (primary N) is 1. The molecule has 1 aliphatic rings. The lowest BCUT2D eigenvalue weighted by Crippen LogP contribution is -2.22. The van der Waals surface area contributed by atoms with E-state index in [1.54, 1.807) is 0 Å². The number of hydrogen-bond acceptors (Lipinski definition) is 5. The van der Waals surface area contributed by atoms with Crippen molar-refractivity contribution >= 4 is 17.6 Å². The molecule has 0 bridgehead atoms. The first-order valence-electron chi connectivity index (χ1n) is 8.23. The fourth-order valence-electron chi connectivity index (χ4n) is 2.61. The van der Waals surface area contributed by atoms with E-state index in [1.165, 1.54) is 12.1 Å². The lowest BCUT2D eigenvalue weighted by Gasteiger charge is -2.18. The second-order valence-electron chi connectivity index (χ2n) is 5.86. The number of hydrogen-bond donors (Lipinski definition) is 3. The van der Waals surface area contributed by atoms with Crippen molar-refractivity contribution in [2.45, 2.75) is 6.42 Å². The highest BCUT2D eigenvalue weighted by Gasteiger charge is 2.21. The zero-order valence-corrected chi connectivity index (χ0v) is 14.2. The molecule has 0 spiro atoms. The summed E-state index contributed by atoms with van der Waals surface area (Å²) in [5.74, 6) is -1.28. The molecule has 0 amide bonds. The minimum Gasteiger partial charge on any atom is -0.473 e. The molecule has 2 aromatic carbocycles. The van der Waals surface area contributed by atoms with Crippen molar-refractivity contribution in [3.05, 3.63) is 54.6 Å². The summed E-state index contributed by atoms with van der Waals surface area (Å²) in [5, 5.41) is 14.8. The van der Waals surface area contributed by atoms with Gasteiger partial charge in [0.15, 0.2) is 0 Å². The number of anilines is 1. The highest BCUT2D eigenvalue weighted by molar-refractivity contribution is 6.27. The van der Waals surface area contributed by atoms with E-state index in [9.17, 15) is 0 Å². The summed E-state index contributed by atoms with van der Waals surface area (Å²) in [6.07, 6.45) is 1.19. The molecule has 0 saturated carbocycles. The van der Waals surface area contributed by atoms with Crippen molar-refractivity contribution in [2.75, 3.05) is 24.5 Å². The van der Waals surface area contributed by atoms with Crippen LogP contribution in [0.4, 0.5) is 5.69 Å². The molecule has 0 aliphatic carbocycles. The van der Waals surface area contributed by atoms with Crippen LogP contribution < -0.4 is 15.4 Å². The van der Waals surface area contributed by atoms with Crippen molar-refractivity contribution in [3.63, 3.8) is 0 Å². The molecule has 3 rings (SSSR count). The molecule has 7 heteroatoms. The van der Waals surface area contributed by atoms with E-state index < -0.39 is 11.9 Å². The van der Waals surface area contributed by atoms with E-state index >= 15 is 0 Å². The number of carboxylic acid groups (broad SMARTS) is 2. The molecule has 7 nitrogen and oxygen atoms in total. The van der Waals surface area contributed by atoms with E-state index in [0.717, 1.165) is 31.1 Å². The summed E-state index contributed by atoms with van der Waals surface area (Å²) in [7, 11) is 0. The predicted octanol–water partition coefficient (Wildman–Crippen LogP) is 2.42. The normalized spacial score (nSPS) is 15.7. The molecule has 1 heterocycles. The Bertz CT molecular complexity index is 706. The van der Waals surface area contributed by atoms with Crippen LogP contribution in [0.3, 0.4) is 0 Å². The van der Waals surface area contributed by atoms with Gasteiger partial charge in [0.25, 0.3) is 0 Å². The third-order valence-electron chi connectivity index (χ3n) is 3.98. The van der Waals surface area contributed by atoms with E-state index in [-0.39, 0.29) is 0 Å². The van der Waals surface area contributed by atoms with E-state index in [4.69, 9.17) is 30.3 Å². The van der Waals surface area contributed by atoms with Gasteiger partial charge < -0.3 is 25.6 Å². The van der Waals surface area contributed by atoms with Crippen molar-refractivity contribution in [3.8, 4) is 11.5 Å². The predicted molar refractivity (Wildman–Crippen MR) is 97.6 cm³/mol. The van der Waals surface area contributed by atoms with Gasteiger partial charge in [-0.25, -0.2) is 9.59 Å². The molecule has 1 unspecified atom stereocenters. The van der Waals surface area contributed by atoms with Gasteiger partial charge in [-0.05, 0) is 55.3 Å². The third kappa shape index (κ3) is 5.78. The smallest absolute Gasteiger partial charge is 0.414 e. The van der Waals surface area contributed by atoms with Crippen LogP contribution in [0.15, 0.2) is 54.6 Å². The molecule has 1 fully saturated rings. The average molecular weight is 358 g/mol. The largest absolute Gasteiger partial charge is 0.473 e. The van der Waals surface area contributed by atoms with Crippen LogP contribution in [0.5, 0.6) is 11.5 Å². The number of rotatable bonds is 4. The number of para-hydroxylation sites is 1. The van der Waals surface area contributed by atoms with Gasteiger partial charge in [0, 0.05) is 18.8 Å². The maximum absolute atomic E-state index is 9.10. The van der Waals surface area contributed by atoms with Gasteiger partial charge in [-0.3, -0.25) is 0 Å². The molecule has 0 aromatic heterocycles. The second kappa shape index (κ2) is 9.43. The molecule has 2 aromatic rings. The molecule has 4 N–H and O–H groups in total. The average Bonchev–Trinajstić information content (AvgIpc) is 3.13. The number of aliphatic carboxylic acids is 2. The molecular formula is C19H22N2O5. The van der Waals surface area contributed by atoms with Crippen LogP contribution in [-0.4, -0.2) is 41.8 Å². The lowest BCUT2D eigenvalue weighted by atomic mass is 10.1. The fraction of sp³-hybridized carbons (Fsp3) is 0.263. The van der Waals surface area contributed by atoms with Gasteiger partial charge >= 0.3 is 11.9 Å².